The summed E-state index contributed by atoms with van der Waals surface area (Å²) in [5.41, 5.74) is 5.41. The molecule has 1 aromatic heterocycles. The fourth-order valence-corrected chi connectivity index (χ4v) is 1.68. The van der Waals surface area contributed by atoms with Crippen LogP contribution in [0, 0.1) is 0 Å². The molecule has 0 radical (unpaired) electrons. The van der Waals surface area contributed by atoms with E-state index in [1.807, 2.05) is 24.3 Å². The third-order valence-electron chi connectivity index (χ3n) is 2.76. The van der Waals surface area contributed by atoms with Crippen LogP contribution in [-0.2, 0) is 6.42 Å². The first-order chi connectivity index (χ1) is 9.22. The SMILES string of the molecule is CCc1cccc(NC(=O)c2ccc(NN)cn2)c1. The predicted molar refractivity (Wildman–Crippen MR) is 75.8 cm³/mol. The lowest BCUT2D eigenvalue weighted by molar-refractivity contribution is 0.102. The van der Waals surface area contributed by atoms with Crippen LogP contribution in [0.3, 0.4) is 0 Å². The molecule has 0 unspecified atom stereocenters. The Morgan fingerprint density at radius 3 is 2.74 bits per heavy atom. The molecule has 1 heterocycles. The monoisotopic (exact) mass is 256 g/mol. The van der Waals surface area contributed by atoms with E-state index >= 15 is 0 Å². The van der Waals surface area contributed by atoms with Gasteiger partial charge in [-0.2, -0.15) is 0 Å². The van der Waals surface area contributed by atoms with Crippen LogP contribution in [0.1, 0.15) is 23.0 Å². The zero-order valence-electron chi connectivity index (χ0n) is 10.7. The van der Waals surface area contributed by atoms with Crippen LogP contribution in [0.4, 0.5) is 11.4 Å². The molecule has 1 amide bonds. The molecule has 2 aromatic rings. The Morgan fingerprint density at radius 2 is 2.11 bits per heavy atom. The summed E-state index contributed by atoms with van der Waals surface area (Å²) in [5, 5.41) is 2.82. The van der Waals surface area contributed by atoms with Crippen LogP contribution in [0.2, 0.25) is 0 Å². The second-order valence-corrected chi connectivity index (χ2v) is 4.08. The van der Waals surface area contributed by atoms with Crippen LogP contribution in [0.5, 0.6) is 0 Å². The van der Waals surface area contributed by atoms with Gasteiger partial charge < -0.3 is 10.7 Å². The minimum atomic E-state index is -0.239. The number of nitrogens with two attached hydrogens (primary N) is 1. The molecule has 2 rings (SSSR count). The highest BCUT2D eigenvalue weighted by molar-refractivity contribution is 6.02. The lowest BCUT2D eigenvalue weighted by Gasteiger charge is -2.06. The van der Waals surface area contributed by atoms with Crippen molar-refractivity contribution in [3.8, 4) is 0 Å². The minimum absolute atomic E-state index is 0.239. The summed E-state index contributed by atoms with van der Waals surface area (Å²) in [5.74, 6) is 5.00. The molecule has 0 saturated heterocycles. The first-order valence-electron chi connectivity index (χ1n) is 6.06. The third-order valence-corrected chi connectivity index (χ3v) is 2.76. The maximum Gasteiger partial charge on any atom is 0.274 e. The Hall–Kier alpha value is -2.40. The van der Waals surface area contributed by atoms with E-state index in [4.69, 9.17) is 5.84 Å². The summed E-state index contributed by atoms with van der Waals surface area (Å²) >= 11 is 0. The lowest BCUT2D eigenvalue weighted by Crippen LogP contribution is -2.14. The van der Waals surface area contributed by atoms with Gasteiger partial charge in [0.2, 0.25) is 0 Å². The Balaban J connectivity index is 2.11. The largest absolute Gasteiger partial charge is 0.323 e. The maximum absolute atomic E-state index is 12.0. The van der Waals surface area contributed by atoms with E-state index < -0.39 is 0 Å². The van der Waals surface area contributed by atoms with Crippen LogP contribution < -0.4 is 16.6 Å². The molecule has 4 N–H and O–H groups in total. The molecule has 98 valence electrons. The van der Waals surface area contributed by atoms with Crippen LogP contribution in [-0.4, -0.2) is 10.9 Å². The number of nitrogen functional groups attached to an aromatic ring is 1. The molecule has 0 spiro atoms. The number of pyridine rings is 1. The van der Waals surface area contributed by atoms with Crippen LogP contribution in [0.15, 0.2) is 42.6 Å². The first kappa shape index (κ1) is 13.0. The lowest BCUT2D eigenvalue weighted by atomic mass is 10.1. The molecular weight excluding hydrogens is 240 g/mol. The van der Waals surface area contributed by atoms with Gasteiger partial charge in [-0.1, -0.05) is 19.1 Å². The van der Waals surface area contributed by atoms with Gasteiger partial charge in [0.15, 0.2) is 0 Å². The molecule has 5 heteroatoms. The number of hydrazine groups is 1. The Labute approximate surface area is 111 Å². The summed E-state index contributed by atoms with van der Waals surface area (Å²) in [6.07, 6.45) is 2.44. The van der Waals surface area contributed by atoms with Crippen LogP contribution in [0.25, 0.3) is 0 Å². The van der Waals surface area contributed by atoms with E-state index in [-0.39, 0.29) is 5.91 Å². The van der Waals surface area contributed by atoms with Crippen molar-refractivity contribution in [2.75, 3.05) is 10.7 Å². The highest BCUT2D eigenvalue weighted by Gasteiger charge is 2.07. The second-order valence-electron chi connectivity index (χ2n) is 4.08. The summed E-state index contributed by atoms with van der Waals surface area (Å²) in [7, 11) is 0. The van der Waals surface area contributed by atoms with E-state index in [2.05, 4.69) is 22.7 Å². The summed E-state index contributed by atoms with van der Waals surface area (Å²) in [6.45, 7) is 2.07. The standard InChI is InChI=1S/C14H16N4O/c1-2-10-4-3-5-11(8-10)17-14(19)13-7-6-12(18-15)9-16-13/h3-9,18H,2,15H2,1H3,(H,17,19). The molecule has 0 saturated carbocycles. The molecule has 0 fully saturated rings. The average Bonchev–Trinajstić information content (AvgIpc) is 2.47. The van der Waals surface area contributed by atoms with Gasteiger partial charge in [-0.15, -0.1) is 0 Å². The maximum atomic E-state index is 12.0. The second kappa shape index (κ2) is 5.97. The topological polar surface area (TPSA) is 80.0 Å². The number of aromatic nitrogens is 1. The van der Waals surface area contributed by atoms with E-state index in [9.17, 15) is 4.79 Å². The number of nitrogens with one attached hydrogen (secondary N) is 2. The predicted octanol–water partition coefficient (Wildman–Crippen LogP) is 2.18. The Morgan fingerprint density at radius 1 is 1.26 bits per heavy atom. The number of carbonyl (C=O) groups is 1. The summed E-state index contributed by atoms with van der Waals surface area (Å²) in [4.78, 5) is 16.0. The highest BCUT2D eigenvalue weighted by atomic mass is 16.1. The van der Waals surface area contributed by atoms with E-state index in [0.717, 1.165) is 12.1 Å². The fraction of sp³-hybridized carbons (Fsp3) is 0.143. The Kier molecular flexibility index (Phi) is 4.10. The van der Waals surface area contributed by atoms with Crippen molar-refractivity contribution in [1.29, 1.82) is 0 Å². The number of benzene rings is 1. The van der Waals surface area contributed by atoms with E-state index in [1.165, 1.54) is 11.8 Å². The number of hydrogen-bond donors (Lipinski definition) is 3. The minimum Gasteiger partial charge on any atom is -0.323 e. The number of rotatable bonds is 4. The van der Waals surface area contributed by atoms with Gasteiger partial charge in [-0.05, 0) is 36.2 Å². The van der Waals surface area contributed by atoms with Gasteiger partial charge in [0.1, 0.15) is 5.69 Å². The normalized spacial score (nSPS) is 10.0. The third kappa shape index (κ3) is 3.29. The van der Waals surface area contributed by atoms with Gasteiger partial charge >= 0.3 is 0 Å². The number of anilines is 2. The van der Waals surface area contributed by atoms with E-state index in [1.54, 1.807) is 12.1 Å². The van der Waals surface area contributed by atoms with Crippen molar-refractivity contribution in [2.45, 2.75) is 13.3 Å². The van der Waals surface area contributed by atoms with Gasteiger partial charge in [-0.25, -0.2) is 4.98 Å². The zero-order valence-corrected chi connectivity index (χ0v) is 10.7. The first-order valence-corrected chi connectivity index (χ1v) is 6.06. The number of nitrogens with zero attached hydrogens (tertiary/aromatic N) is 1. The van der Waals surface area contributed by atoms with Gasteiger partial charge in [0.25, 0.3) is 5.91 Å². The molecule has 0 bridgehead atoms. The van der Waals surface area contributed by atoms with Gasteiger partial charge in [0.05, 0.1) is 11.9 Å². The molecule has 1 aromatic carbocycles. The van der Waals surface area contributed by atoms with Crippen molar-refractivity contribution in [3.63, 3.8) is 0 Å². The molecule has 19 heavy (non-hydrogen) atoms. The van der Waals surface area contributed by atoms with Crippen molar-refractivity contribution >= 4 is 17.3 Å². The molecule has 0 atom stereocenters. The molecule has 0 aliphatic rings. The fourth-order valence-electron chi connectivity index (χ4n) is 1.68. The van der Waals surface area contributed by atoms with Gasteiger partial charge in [-0.3, -0.25) is 10.6 Å². The van der Waals surface area contributed by atoms with Crippen molar-refractivity contribution in [2.24, 2.45) is 5.84 Å². The molecule has 5 nitrogen and oxygen atoms in total. The summed E-state index contributed by atoms with van der Waals surface area (Å²) < 4.78 is 0. The van der Waals surface area contributed by atoms with Crippen molar-refractivity contribution in [1.82, 2.24) is 4.98 Å². The molecule has 0 aliphatic heterocycles. The number of carbonyl (C=O) groups excluding carboxylic acids is 1. The van der Waals surface area contributed by atoms with Crippen LogP contribution >= 0.6 is 0 Å². The van der Waals surface area contributed by atoms with Crippen molar-refractivity contribution in [3.05, 3.63) is 53.9 Å². The number of aryl methyl sites for hydroxylation is 1. The van der Waals surface area contributed by atoms with E-state index in [0.29, 0.717) is 11.4 Å². The molecule has 0 aliphatic carbocycles. The highest BCUT2D eigenvalue weighted by Crippen LogP contribution is 2.12. The quantitative estimate of drug-likeness (QED) is 0.578. The molecular formula is C14H16N4O. The average molecular weight is 256 g/mol. The zero-order chi connectivity index (χ0) is 13.7. The van der Waals surface area contributed by atoms with Crippen molar-refractivity contribution < 1.29 is 4.79 Å². The summed E-state index contributed by atoms with van der Waals surface area (Å²) in [6, 6.07) is 11.1. The Bertz CT molecular complexity index is 566. The smallest absolute Gasteiger partial charge is 0.274 e. The number of hydrogen-bond acceptors (Lipinski definition) is 4. The number of amides is 1. The van der Waals surface area contributed by atoms with Gasteiger partial charge in [0, 0.05) is 5.69 Å².